The Hall–Kier alpha value is -2.04. The van der Waals surface area contributed by atoms with E-state index in [2.05, 4.69) is 5.32 Å². The van der Waals surface area contributed by atoms with Gasteiger partial charge in [0.2, 0.25) is 11.8 Å². The van der Waals surface area contributed by atoms with Gasteiger partial charge in [-0.25, -0.2) is 0 Å². The summed E-state index contributed by atoms with van der Waals surface area (Å²) in [5.74, 6) is 0.807. The van der Waals surface area contributed by atoms with Crippen LogP contribution in [0.3, 0.4) is 0 Å². The molecule has 1 unspecified atom stereocenters. The van der Waals surface area contributed by atoms with E-state index in [9.17, 15) is 9.59 Å². The number of benzene rings is 1. The fraction of sp³-hybridized carbons (Fsp3) is 0.500. The second kappa shape index (κ2) is 6.61. The van der Waals surface area contributed by atoms with Gasteiger partial charge in [-0.3, -0.25) is 9.59 Å². The molecule has 2 amide bonds. The molecular weight excluding hydrogens is 268 g/mol. The number of amides is 2. The minimum absolute atomic E-state index is 0.00771. The molecular formula is C16H22N2O3. The van der Waals surface area contributed by atoms with E-state index in [0.29, 0.717) is 19.5 Å². The summed E-state index contributed by atoms with van der Waals surface area (Å²) in [5.41, 5.74) is 1.03. The molecule has 114 valence electrons. The number of ether oxygens (including phenoxy) is 1. The second-order valence-corrected chi connectivity index (χ2v) is 5.65. The van der Waals surface area contributed by atoms with Gasteiger partial charge in [-0.2, -0.15) is 0 Å². The van der Waals surface area contributed by atoms with Gasteiger partial charge in [0.1, 0.15) is 11.8 Å². The molecule has 1 fully saturated rings. The number of hydrogen-bond donors (Lipinski definition) is 1. The van der Waals surface area contributed by atoms with Crippen molar-refractivity contribution in [3.8, 4) is 5.75 Å². The molecule has 1 atom stereocenters. The first kappa shape index (κ1) is 15.4. The molecule has 5 heteroatoms. The van der Waals surface area contributed by atoms with Crippen molar-refractivity contribution in [3.05, 3.63) is 29.8 Å². The van der Waals surface area contributed by atoms with Crippen molar-refractivity contribution in [2.45, 2.75) is 32.9 Å². The lowest BCUT2D eigenvalue weighted by Crippen LogP contribution is -2.47. The molecule has 0 bridgehead atoms. The summed E-state index contributed by atoms with van der Waals surface area (Å²) >= 11 is 0. The van der Waals surface area contributed by atoms with Crippen LogP contribution in [0.2, 0.25) is 0 Å². The Morgan fingerprint density at radius 3 is 2.52 bits per heavy atom. The molecule has 21 heavy (non-hydrogen) atoms. The van der Waals surface area contributed by atoms with E-state index in [4.69, 9.17) is 4.74 Å². The van der Waals surface area contributed by atoms with Crippen LogP contribution < -0.4 is 10.1 Å². The third kappa shape index (κ3) is 3.74. The van der Waals surface area contributed by atoms with E-state index in [1.807, 2.05) is 38.1 Å². The van der Waals surface area contributed by atoms with Crippen molar-refractivity contribution in [2.75, 3.05) is 13.7 Å². The first-order chi connectivity index (χ1) is 10.0. The van der Waals surface area contributed by atoms with Gasteiger partial charge in [-0.15, -0.1) is 0 Å². The Labute approximate surface area is 125 Å². The van der Waals surface area contributed by atoms with Gasteiger partial charge in [0.15, 0.2) is 0 Å². The maximum Gasteiger partial charge on any atom is 0.245 e. The normalized spacial score (nSPS) is 19.4. The molecule has 1 N–H and O–H groups in total. The van der Waals surface area contributed by atoms with Crippen molar-refractivity contribution >= 4 is 11.8 Å². The van der Waals surface area contributed by atoms with Gasteiger partial charge in [-0.05, 0) is 23.6 Å². The summed E-state index contributed by atoms with van der Waals surface area (Å²) < 4.78 is 5.13. The van der Waals surface area contributed by atoms with E-state index >= 15 is 0 Å². The minimum Gasteiger partial charge on any atom is -0.497 e. The van der Waals surface area contributed by atoms with Crippen molar-refractivity contribution in [1.29, 1.82) is 0 Å². The number of nitrogens with one attached hydrogen (secondary N) is 1. The molecule has 0 aromatic heterocycles. The van der Waals surface area contributed by atoms with Crippen LogP contribution in [0.1, 0.15) is 25.8 Å². The standard InChI is InChI=1S/C16H22N2O3/c1-11(2)15-16(20)18(9-8-14(19)17-15)10-12-4-6-13(21-3)7-5-12/h4-7,11,15H,8-10H2,1-3H3,(H,17,19). The van der Waals surface area contributed by atoms with Crippen LogP contribution in [0.15, 0.2) is 24.3 Å². The molecule has 1 saturated heterocycles. The van der Waals surface area contributed by atoms with E-state index < -0.39 is 6.04 Å². The highest BCUT2D eigenvalue weighted by molar-refractivity contribution is 5.90. The Kier molecular flexibility index (Phi) is 4.83. The third-order valence-corrected chi connectivity index (χ3v) is 3.70. The average molecular weight is 290 g/mol. The monoisotopic (exact) mass is 290 g/mol. The Morgan fingerprint density at radius 2 is 1.95 bits per heavy atom. The van der Waals surface area contributed by atoms with Gasteiger partial charge in [0.05, 0.1) is 7.11 Å². The SMILES string of the molecule is COc1ccc(CN2CCC(=O)NC(C(C)C)C2=O)cc1. The van der Waals surface area contributed by atoms with Gasteiger partial charge in [-0.1, -0.05) is 26.0 Å². The topological polar surface area (TPSA) is 58.6 Å². The van der Waals surface area contributed by atoms with Gasteiger partial charge in [0.25, 0.3) is 0 Å². The number of hydrogen-bond acceptors (Lipinski definition) is 3. The van der Waals surface area contributed by atoms with Gasteiger partial charge < -0.3 is 15.0 Å². The van der Waals surface area contributed by atoms with Crippen LogP contribution in [0, 0.1) is 5.92 Å². The fourth-order valence-corrected chi connectivity index (χ4v) is 2.41. The lowest BCUT2D eigenvalue weighted by Gasteiger charge is -2.26. The van der Waals surface area contributed by atoms with E-state index in [-0.39, 0.29) is 17.7 Å². The molecule has 0 aliphatic carbocycles. The zero-order valence-electron chi connectivity index (χ0n) is 12.8. The molecule has 2 rings (SSSR count). The summed E-state index contributed by atoms with van der Waals surface area (Å²) in [7, 11) is 1.62. The average Bonchev–Trinajstić information content (AvgIpc) is 2.61. The fourth-order valence-electron chi connectivity index (χ4n) is 2.41. The number of methoxy groups -OCH3 is 1. The lowest BCUT2D eigenvalue weighted by molar-refractivity contribution is -0.135. The predicted octanol–water partition coefficient (Wildman–Crippen LogP) is 1.57. The molecule has 0 radical (unpaired) electrons. The molecule has 1 aliphatic heterocycles. The summed E-state index contributed by atoms with van der Waals surface area (Å²) in [4.78, 5) is 26.0. The molecule has 1 aromatic rings. The van der Waals surface area contributed by atoms with E-state index in [0.717, 1.165) is 11.3 Å². The number of carbonyl (C=O) groups excluding carboxylic acids is 2. The summed E-state index contributed by atoms with van der Waals surface area (Å²) in [6, 6.07) is 7.20. The van der Waals surface area contributed by atoms with Crippen LogP contribution in [0.4, 0.5) is 0 Å². The maximum absolute atomic E-state index is 12.5. The van der Waals surface area contributed by atoms with Crippen molar-refractivity contribution < 1.29 is 14.3 Å². The zero-order chi connectivity index (χ0) is 15.4. The van der Waals surface area contributed by atoms with Crippen molar-refractivity contribution in [3.63, 3.8) is 0 Å². The molecule has 5 nitrogen and oxygen atoms in total. The Balaban J connectivity index is 2.12. The van der Waals surface area contributed by atoms with Crippen molar-refractivity contribution in [1.82, 2.24) is 10.2 Å². The van der Waals surface area contributed by atoms with Crippen LogP contribution in [0.25, 0.3) is 0 Å². The first-order valence-corrected chi connectivity index (χ1v) is 7.22. The number of carbonyl (C=O) groups is 2. The zero-order valence-corrected chi connectivity index (χ0v) is 12.8. The highest BCUT2D eigenvalue weighted by Gasteiger charge is 2.31. The van der Waals surface area contributed by atoms with Crippen LogP contribution in [0.5, 0.6) is 5.75 Å². The highest BCUT2D eigenvalue weighted by Crippen LogP contribution is 2.16. The molecule has 1 heterocycles. The molecule has 1 aromatic carbocycles. The molecule has 0 spiro atoms. The molecule has 1 aliphatic rings. The van der Waals surface area contributed by atoms with E-state index in [1.54, 1.807) is 12.0 Å². The maximum atomic E-state index is 12.5. The largest absolute Gasteiger partial charge is 0.497 e. The molecule has 0 saturated carbocycles. The Bertz CT molecular complexity index is 511. The smallest absolute Gasteiger partial charge is 0.245 e. The highest BCUT2D eigenvalue weighted by atomic mass is 16.5. The van der Waals surface area contributed by atoms with Crippen LogP contribution in [-0.2, 0) is 16.1 Å². The quantitative estimate of drug-likeness (QED) is 0.915. The third-order valence-electron chi connectivity index (χ3n) is 3.70. The van der Waals surface area contributed by atoms with Gasteiger partial charge >= 0.3 is 0 Å². The first-order valence-electron chi connectivity index (χ1n) is 7.22. The number of rotatable bonds is 4. The summed E-state index contributed by atoms with van der Waals surface area (Å²) in [5, 5.41) is 2.81. The van der Waals surface area contributed by atoms with Crippen LogP contribution in [-0.4, -0.2) is 36.4 Å². The van der Waals surface area contributed by atoms with Gasteiger partial charge in [0, 0.05) is 19.5 Å². The predicted molar refractivity (Wildman–Crippen MR) is 79.8 cm³/mol. The summed E-state index contributed by atoms with van der Waals surface area (Å²) in [6.07, 6.45) is 0.352. The minimum atomic E-state index is -0.432. The second-order valence-electron chi connectivity index (χ2n) is 5.65. The lowest BCUT2D eigenvalue weighted by atomic mass is 10.0. The van der Waals surface area contributed by atoms with E-state index in [1.165, 1.54) is 0 Å². The number of nitrogens with zero attached hydrogens (tertiary/aromatic N) is 1. The Morgan fingerprint density at radius 1 is 1.29 bits per heavy atom. The van der Waals surface area contributed by atoms with Crippen LogP contribution >= 0.6 is 0 Å². The van der Waals surface area contributed by atoms with Crippen molar-refractivity contribution in [2.24, 2.45) is 5.92 Å². The summed E-state index contributed by atoms with van der Waals surface area (Å²) in [6.45, 7) is 4.86.